The molecule has 0 radical (unpaired) electrons. The molecule has 30 heavy (non-hydrogen) atoms. The Labute approximate surface area is 175 Å². The second kappa shape index (κ2) is 8.33. The van der Waals surface area contributed by atoms with Crippen molar-refractivity contribution in [3.05, 3.63) is 66.9 Å². The molecule has 0 atom stereocenters. The van der Waals surface area contributed by atoms with E-state index in [0.717, 1.165) is 33.2 Å². The van der Waals surface area contributed by atoms with Gasteiger partial charge in [-0.2, -0.15) is 0 Å². The molecule has 0 bridgehead atoms. The molecular weight excluding hydrogens is 378 g/mol. The summed E-state index contributed by atoms with van der Waals surface area (Å²) in [4.78, 5) is 4.72. The fraction of sp³-hybridized carbons (Fsp3) is 0.160. The minimum absolute atomic E-state index is 0.648. The van der Waals surface area contributed by atoms with Crippen LogP contribution in [0.4, 0.5) is 0 Å². The van der Waals surface area contributed by atoms with E-state index in [1.165, 1.54) is 0 Å². The third kappa shape index (κ3) is 3.39. The first kappa shape index (κ1) is 19.6. The molecule has 1 aromatic heterocycles. The highest BCUT2D eigenvalue weighted by atomic mass is 16.5. The highest BCUT2D eigenvalue weighted by Gasteiger charge is 2.17. The number of benzene rings is 3. The maximum Gasteiger partial charge on any atom is 0.162 e. The van der Waals surface area contributed by atoms with Gasteiger partial charge in [-0.1, -0.05) is 36.4 Å². The zero-order valence-electron chi connectivity index (χ0n) is 17.4. The molecule has 4 rings (SSSR count). The summed E-state index contributed by atoms with van der Waals surface area (Å²) in [6, 6.07) is 20.0. The van der Waals surface area contributed by atoms with E-state index >= 15 is 0 Å². The van der Waals surface area contributed by atoms with Gasteiger partial charge in [0.1, 0.15) is 0 Å². The third-order valence-corrected chi connectivity index (χ3v) is 5.13. The summed E-state index contributed by atoms with van der Waals surface area (Å²) in [7, 11) is 6.52. The lowest BCUT2D eigenvalue weighted by atomic mass is 9.92. The van der Waals surface area contributed by atoms with Gasteiger partial charge in [-0.25, -0.2) is 0 Å². The molecule has 5 nitrogen and oxygen atoms in total. The van der Waals surface area contributed by atoms with Gasteiger partial charge >= 0.3 is 0 Å². The van der Waals surface area contributed by atoms with Crippen molar-refractivity contribution < 1.29 is 18.9 Å². The lowest BCUT2D eigenvalue weighted by Gasteiger charge is -2.17. The fourth-order valence-electron chi connectivity index (χ4n) is 3.66. The first-order valence-electron chi connectivity index (χ1n) is 9.52. The molecule has 0 N–H and O–H groups in total. The lowest BCUT2D eigenvalue weighted by molar-refractivity contribution is 0.355. The summed E-state index contributed by atoms with van der Waals surface area (Å²) in [6.07, 6.45) is 1.89. The molecule has 0 spiro atoms. The summed E-state index contributed by atoms with van der Waals surface area (Å²) >= 11 is 0. The molecule has 0 saturated carbocycles. The third-order valence-electron chi connectivity index (χ3n) is 5.13. The predicted octanol–water partition coefficient (Wildman–Crippen LogP) is 5.60. The molecule has 152 valence electrons. The average Bonchev–Trinajstić information content (AvgIpc) is 2.82. The smallest absolute Gasteiger partial charge is 0.162 e. The Bertz CT molecular complexity index is 1190. The Hall–Kier alpha value is -3.73. The molecule has 0 aliphatic rings. The number of methoxy groups -OCH3 is 4. The number of hydrogen-bond acceptors (Lipinski definition) is 5. The minimum atomic E-state index is 0.648. The number of fused-ring (bicyclic) bond motifs is 1. The summed E-state index contributed by atoms with van der Waals surface area (Å²) < 4.78 is 21.9. The molecule has 0 unspecified atom stereocenters. The van der Waals surface area contributed by atoms with Crippen LogP contribution < -0.4 is 18.9 Å². The SMILES string of the molecule is COc1ccc(-c2cnc3cc(OC)c(OC)cc3c2-c2ccccc2)cc1OC. The molecular formula is C25H23NO4. The molecule has 0 amide bonds. The number of rotatable bonds is 6. The second-order valence-electron chi connectivity index (χ2n) is 6.71. The van der Waals surface area contributed by atoms with Crippen LogP contribution in [0.25, 0.3) is 33.2 Å². The zero-order chi connectivity index (χ0) is 21.1. The van der Waals surface area contributed by atoms with Gasteiger partial charge in [-0.15, -0.1) is 0 Å². The van der Waals surface area contributed by atoms with Gasteiger partial charge in [0, 0.05) is 28.8 Å². The quantitative estimate of drug-likeness (QED) is 0.421. The van der Waals surface area contributed by atoms with Crippen LogP contribution in [-0.2, 0) is 0 Å². The largest absolute Gasteiger partial charge is 0.493 e. The van der Waals surface area contributed by atoms with E-state index in [0.29, 0.717) is 23.0 Å². The first-order valence-corrected chi connectivity index (χ1v) is 9.52. The highest BCUT2D eigenvalue weighted by Crippen LogP contribution is 2.42. The van der Waals surface area contributed by atoms with Crippen molar-refractivity contribution in [2.75, 3.05) is 28.4 Å². The molecule has 3 aromatic carbocycles. The van der Waals surface area contributed by atoms with Crippen LogP contribution in [0.5, 0.6) is 23.0 Å². The molecule has 0 fully saturated rings. The van der Waals surface area contributed by atoms with Crippen molar-refractivity contribution in [3.8, 4) is 45.3 Å². The maximum atomic E-state index is 5.56. The number of aromatic nitrogens is 1. The van der Waals surface area contributed by atoms with Crippen LogP contribution in [0.15, 0.2) is 66.9 Å². The van der Waals surface area contributed by atoms with E-state index in [9.17, 15) is 0 Å². The van der Waals surface area contributed by atoms with Gasteiger partial charge in [-0.05, 0) is 29.3 Å². The Balaban J connectivity index is 2.05. The molecule has 0 saturated heterocycles. The standard InChI is InChI=1S/C25H23NO4/c1-27-21-11-10-17(12-22(21)28-2)19-15-26-20-14-24(30-4)23(29-3)13-18(20)25(19)16-8-6-5-7-9-16/h5-15H,1-4H3. The summed E-state index contributed by atoms with van der Waals surface area (Å²) in [6.45, 7) is 0. The van der Waals surface area contributed by atoms with E-state index in [1.54, 1.807) is 28.4 Å². The van der Waals surface area contributed by atoms with Gasteiger partial charge in [0.15, 0.2) is 23.0 Å². The van der Waals surface area contributed by atoms with Crippen LogP contribution >= 0.6 is 0 Å². The molecule has 0 aliphatic carbocycles. The van der Waals surface area contributed by atoms with E-state index < -0.39 is 0 Å². The van der Waals surface area contributed by atoms with E-state index in [4.69, 9.17) is 23.9 Å². The van der Waals surface area contributed by atoms with E-state index in [1.807, 2.05) is 54.7 Å². The average molecular weight is 401 g/mol. The highest BCUT2D eigenvalue weighted by molar-refractivity contribution is 6.03. The summed E-state index contributed by atoms with van der Waals surface area (Å²) in [5.74, 6) is 2.66. The molecule has 0 aliphatic heterocycles. The van der Waals surface area contributed by atoms with Crippen LogP contribution in [0.2, 0.25) is 0 Å². The normalized spacial score (nSPS) is 10.7. The topological polar surface area (TPSA) is 49.8 Å². The zero-order valence-corrected chi connectivity index (χ0v) is 17.4. The number of pyridine rings is 1. The number of hydrogen-bond donors (Lipinski definition) is 0. The predicted molar refractivity (Wildman–Crippen MR) is 119 cm³/mol. The van der Waals surface area contributed by atoms with E-state index in [2.05, 4.69) is 12.1 Å². The van der Waals surface area contributed by atoms with Crippen molar-refractivity contribution in [2.45, 2.75) is 0 Å². The van der Waals surface area contributed by atoms with Crippen LogP contribution in [0.3, 0.4) is 0 Å². The number of ether oxygens (including phenoxy) is 4. The van der Waals surface area contributed by atoms with Gasteiger partial charge in [0.05, 0.1) is 34.0 Å². The van der Waals surface area contributed by atoms with Crippen LogP contribution in [-0.4, -0.2) is 33.4 Å². The molecule has 4 aromatic rings. The molecule has 5 heteroatoms. The Morgan fingerprint density at radius 3 is 1.90 bits per heavy atom. The van der Waals surface area contributed by atoms with Gasteiger partial charge < -0.3 is 18.9 Å². The van der Waals surface area contributed by atoms with Crippen molar-refractivity contribution in [3.63, 3.8) is 0 Å². The summed E-state index contributed by atoms with van der Waals surface area (Å²) in [5, 5.41) is 0.978. The Morgan fingerprint density at radius 1 is 0.600 bits per heavy atom. The second-order valence-corrected chi connectivity index (χ2v) is 6.71. The van der Waals surface area contributed by atoms with Gasteiger partial charge in [0.2, 0.25) is 0 Å². The van der Waals surface area contributed by atoms with Crippen LogP contribution in [0.1, 0.15) is 0 Å². The van der Waals surface area contributed by atoms with Gasteiger partial charge in [-0.3, -0.25) is 4.98 Å². The van der Waals surface area contributed by atoms with Crippen molar-refractivity contribution in [1.82, 2.24) is 4.98 Å². The van der Waals surface area contributed by atoms with Crippen molar-refractivity contribution in [2.24, 2.45) is 0 Å². The molecule has 1 heterocycles. The Kier molecular flexibility index (Phi) is 5.44. The fourth-order valence-corrected chi connectivity index (χ4v) is 3.66. The summed E-state index contributed by atoms with van der Waals surface area (Å²) in [5.41, 5.74) is 4.95. The van der Waals surface area contributed by atoms with Gasteiger partial charge in [0.25, 0.3) is 0 Å². The van der Waals surface area contributed by atoms with Crippen molar-refractivity contribution in [1.29, 1.82) is 0 Å². The van der Waals surface area contributed by atoms with Crippen LogP contribution in [0, 0.1) is 0 Å². The minimum Gasteiger partial charge on any atom is -0.493 e. The first-order chi connectivity index (χ1) is 14.7. The van der Waals surface area contributed by atoms with E-state index in [-0.39, 0.29) is 0 Å². The monoisotopic (exact) mass is 401 g/mol. The Morgan fingerprint density at radius 2 is 1.23 bits per heavy atom. The lowest BCUT2D eigenvalue weighted by Crippen LogP contribution is -1.96. The maximum absolute atomic E-state index is 5.56. The van der Waals surface area contributed by atoms with Crippen molar-refractivity contribution >= 4 is 10.9 Å². The number of nitrogens with zero attached hydrogens (tertiary/aromatic N) is 1.